The lowest BCUT2D eigenvalue weighted by Crippen LogP contribution is -2.20. The number of hydrogen-bond acceptors (Lipinski definition) is 4. The molecule has 4 aromatic rings. The zero-order chi connectivity index (χ0) is 23.4. The van der Waals surface area contributed by atoms with E-state index in [1.165, 1.54) is 16.8 Å². The topological polar surface area (TPSA) is 73.2 Å². The normalized spacial score (nSPS) is 10.6. The second-order valence-corrected chi connectivity index (χ2v) is 8.16. The predicted octanol–water partition coefficient (Wildman–Crippen LogP) is 5.68. The molecule has 1 N–H and O–H groups in total. The predicted molar refractivity (Wildman–Crippen MR) is 130 cm³/mol. The van der Waals surface area contributed by atoms with Crippen LogP contribution in [0.2, 0.25) is 10.0 Å². The van der Waals surface area contributed by atoms with Crippen LogP contribution in [0.1, 0.15) is 21.5 Å². The Labute approximate surface area is 200 Å². The number of amides is 1. The Bertz CT molecular complexity index is 1350. The molecule has 0 unspecified atom stereocenters. The summed E-state index contributed by atoms with van der Waals surface area (Å²) in [6, 6.07) is 22.1. The Hall–Kier alpha value is -3.61. The van der Waals surface area contributed by atoms with Crippen molar-refractivity contribution in [3.63, 3.8) is 0 Å². The van der Waals surface area contributed by atoms with Crippen molar-refractivity contribution in [2.75, 3.05) is 5.32 Å². The molecular weight excluding hydrogens is 461 g/mol. The minimum Gasteiger partial charge on any atom is -0.472 e. The molecule has 1 amide bonds. The number of nitrogens with one attached hydrogen (secondary N) is 1. The average molecular weight is 480 g/mol. The van der Waals surface area contributed by atoms with E-state index in [2.05, 4.69) is 10.4 Å². The monoisotopic (exact) mass is 479 g/mol. The summed E-state index contributed by atoms with van der Waals surface area (Å²) in [5.74, 6) is -0.0203. The smallest absolute Gasteiger partial charge is 0.271 e. The van der Waals surface area contributed by atoms with Crippen molar-refractivity contribution in [1.82, 2.24) is 9.78 Å². The molecule has 8 heteroatoms. The van der Waals surface area contributed by atoms with Gasteiger partial charge >= 0.3 is 0 Å². The minimum atomic E-state index is -0.322. The quantitative estimate of drug-likeness (QED) is 0.386. The third kappa shape index (κ3) is 5.61. The molecule has 1 aromatic heterocycles. The maximum Gasteiger partial charge on any atom is 0.271 e. The number of halogens is 2. The van der Waals surface area contributed by atoms with Crippen molar-refractivity contribution in [1.29, 1.82) is 0 Å². The van der Waals surface area contributed by atoms with Crippen molar-refractivity contribution < 1.29 is 9.53 Å². The fourth-order valence-electron chi connectivity index (χ4n) is 3.06. The molecule has 0 atom stereocenters. The van der Waals surface area contributed by atoms with Crippen LogP contribution in [0.25, 0.3) is 5.69 Å². The van der Waals surface area contributed by atoms with Gasteiger partial charge in [0.05, 0.1) is 16.4 Å². The summed E-state index contributed by atoms with van der Waals surface area (Å²) < 4.78 is 6.92. The number of aryl methyl sites for hydroxylation is 1. The van der Waals surface area contributed by atoms with E-state index in [4.69, 9.17) is 27.9 Å². The molecule has 1 heterocycles. The molecule has 0 radical (unpaired) electrons. The first kappa shape index (κ1) is 22.6. The molecule has 0 aliphatic heterocycles. The first-order valence-corrected chi connectivity index (χ1v) is 10.8. The molecule has 0 aliphatic rings. The van der Waals surface area contributed by atoms with E-state index in [0.717, 1.165) is 11.1 Å². The number of aromatic nitrogens is 2. The van der Waals surface area contributed by atoms with Gasteiger partial charge in [0.25, 0.3) is 11.5 Å². The van der Waals surface area contributed by atoms with Gasteiger partial charge in [-0.15, -0.1) is 5.10 Å². The highest BCUT2D eigenvalue weighted by molar-refractivity contribution is 6.34. The number of anilines is 1. The van der Waals surface area contributed by atoms with Crippen LogP contribution in [0.5, 0.6) is 5.88 Å². The largest absolute Gasteiger partial charge is 0.472 e. The number of nitrogens with zero attached hydrogens (tertiary/aromatic N) is 2. The second kappa shape index (κ2) is 9.90. The van der Waals surface area contributed by atoms with Crippen LogP contribution < -0.4 is 15.6 Å². The van der Waals surface area contributed by atoms with E-state index in [-0.39, 0.29) is 18.1 Å². The van der Waals surface area contributed by atoms with Gasteiger partial charge in [-0.05, 0) is 66.6 Å². The van der Waals surface area contributed by atoms with E-state index >= 15 is 0 Å². The first-order chi connectivity index (χ1) is 15.9. The minimum absolute atomic E-state index is 0.281. The van der Waals surface area contributed by atoms with E-state index in [0.29, 0.717) is 32.9 Å². The number of carbonyl (C=O) groups excluding carboxylic acids is 1. The molecule has 0 spiro atoms. The standard InChI is InChI=1S/C25H19Cl2N3O3/c1-16-2-11-22(21(27)14-16)28-25(32)18-5-9-20(10-6-18)30-24(31)13-12-23(29-30)33-15-17-3-7-19(26)8-4-17/h2-14H,15H2,1H3,(H,28,32). The number of carbonyl (C=O) groups is 1. The van der Waals surface area contributed by atoms with Crippen LogP contribution in [0.15, 0.2) is 83.7 Å². The summed E-state index contributed by atoms with van der Waals surface area (Å²) in [6.45, 7) is 2.20. The Balaban J connectivity index is 1.48. The maximum atomic E-state index is 12.6. The van der Waals surface area contributed by atoms with Crippen molar-refractivity contribution >= 4 is 34.8 Å². The molecule has 33 heavy (non-hydrogen) atoms. The molecule has 0 bridgehead atoms. The lowest BCUT2D eigenvalue weighted by Gasteiger charge is -2.10. The number of rotatable bonds is 6. The molecule has 0 saturated heterocycles. The average Bonchev–Trinajstić information content (AvgIpc) is 2.81. The Morgan fingerprint density at radius 1 is 0.970 bits per heavy atom. The van der Waals surface area contributed by atoms with Gasteiger partial charge < -0.3 is 10.1 Å². The zero-order valence-electron chi connectivity index (χ0n) is 17.6. The van der Waals surface area contributed by atoms with Crippen LogP contribution >= 0.6 is 23.2 Å². The van der Waals surface area contributed by atoms with Crippen LogP contribution in [0.4, 0.5) is 5.69 Å². The van der Waals surface area contributed by atoms with Gasteiger partial charge in [0.2, 0.25) is 5.88 Å². The van der Waals surface area contributed by atoms with Crippen LogP contribution in [0, 0.1) is 6.92 Å². The van der Waals surface area contributed by atoms with Crippen molar-refractivity contribution in [3.05, 3.63) is 116 Å². The fourth-order valence-corrected chi connectivity index (χ4v) is 3.47. The van der Waals surface area contributed by atoms with Gasteiger partial charge in [0, 0.05) is 22.7 Å². The van der Waals surface area contributed by atoms with Gasteiger partial charge in [-0.1, -0.05) is 41.4 Å². The van der Waals surface area contributed by atoms with Crippen LogP contribution in [-0.2, 0) is 6.61 Å². The maximum absolute atomic E-state index is 12.6. The van der Waals surface area contributed by atoms with Gasteiger partial charge in [0.15, 0.2) is 0 Å². The van der Waals surface area contributed by atoms with Crippen LogP contribution in [-0.4, -0.2) is 15.7 Å². The highest BCUT2D eigenvalue weighted by atomic mass is 35.5. The molecule has 6 nitrogen and oxygen atoms in total. The SMILES string of the molecule is Cc1ccc(NC(=O)c2ccc(-n3nc(OCc4ccc(Cl)cc4)ccc3=O)cc2)c(Cl)c1. The number of hydrogen-bond donors (Lipinski definition) is 1. The van der Waals surface area contributed by atoms with E-state index < -0.39 is 0 Å². The van der Waals surface area contributed by atoms with E-state index in [1.54, 1.807) is 48.5 Å². The summed E-state index contributed by atoms with van der Waals surface area (Å²) >= 11 is 12.1. The highest BCUT2D eigenvalue weighted by Gasteiger charge is 2.10. The molecule has 0 aliphatic carbocycles. The van der Waals surface area contributed by atoms with Gasteiger partial charge in [-0.25, -0.2) is 0 Å². The second-order valence-electron chi connectivity index (χ2n) is 7.32. The van der Waals surface area contributed by atoms with Gasteiger partial charge in [0.1, 0.15) is 6.61 Å². The van der Waals surface area contributed by atoms with E-state index in [1.807, 2.05) is 25.1 Å². The molecule has 166 valence electrons. The third-order valence-corrected chi connectivity index (χ3v) is 5.39. The van der Waals surface area contributed by atoms with Crippen molar-refractivity contribution in [2.24, 2.45) is 0 Å². The molecule has 0 saturated carbocycles. The molecular formula is C25H19Cl2N3O3. The van der Waals surface area contributed by atoms with E-state index in [9.17, 15) is 9.59 Å². The summed E-state index contributed by atoms with van der Waals surface area (Å²) in [4.78, 5) is 24.9. The fraction of sp³-hybridized carbons (Fsp3) is 0.0800. The van der Waals surface area contributed by atoms with Crippen LogP contribution in [0.3, 0.4) is 0 Å². The summed E-state index contributed by atoms with van der Waals surface area (Å²) in [5.41, 5.74) is 3.04. The lowest BCUT2D eigenvalue weighted by molar-refractivity contribution is 0.102. The third-order valence-electron chi connectivity index (χ3n) is 4.82. The van der Waals surface area contributed by atoms with Gasteiger partial charge in [-0.3, -0.25) is 9.59 Å². The van der Waals surface area contributed by atoms with Crippen molar-refractivity contribution in [2.45, 2.75) is 13.5 Å². The Morgan fingerprint density at radius 2 is 1.70 bits per heavy atom. The molecule has 0 fully saturated rings. The molecule has 3 aromatic carbocycles. The first-order valence-electron chi connectivity index (χ1n) is 10.0. The summed E-state index contributed by atoms with van der Waals surface area (Å²) in [5, 5.41) is 8.17. The van der Waals surface area contributed by atoms with Gasteiger partial charge in [-0.2, -0.15) is 4.68 Å². The lowest BCUT2D eigenvalue weighted by atomic mass is 10.1. The Kier molecular flexibility index (Phi) is 6.77. The zero-order valence-corrected chi connectivity index (χ0v) is 19.1. The summed E-state index contributed by atoms with van der Waals surface area (Å²) in [6.07, 6.45) is 0. The highest BCUT2D eigenvalue weighted by Crippen LogP contribution is 2.23. The Morgan fingerprint density at radius 3 is 2.39 bits per heavy atom. The van der Waals surface area contributed by atoms with Crippen molar-refractivity contribution in [3.8, 4) is 11.6 Å². The summed E-state index contributed by atoms with van der Waals surface area (Å²) in [7, 11) is 0. The number of benzene rings is 3. The molecule has 4 rings (SSSR count). The number of ether oxygens (including phenoxy) is 1.